The summed E-state index contributed by atoms with van der Waals surface area (Å²) >= 11 is 0. The molecule has 0 fully saturated rings. The minimum Gasteiger partial charge on any atom is -0.485 e. The van der Waals surface area contributed by atoms with Crippen molar-refractivity contribution in [3.05, 3.63) is 107 Å². The zero-order valence-corrected chi connectivity index (χ0v) is 17.6. The molecule has 0 N–H and O–H groups in total. The Morgan fingerprint density at radius 1 is 0.742 bits per heavy atom. The van der Waals surface area contributed by atoms with E-state index in [9.17, 15) is 0 Å². The van der Waals surface area contributed by atoms with E-state index in [1.807, 2.05) is 92.7 Å². The van der Waals surface area contributed by atoms with Crippen molar-refractivity contribution in [1.29, 1.82) is 0 Å². The maximum Gasteiger partial charge on any atom is 0.162 e. The second-order valence-electron chi connectivity index (χ2n) is 7.11. The number of aromatic nitrogens is 3. The van der Waals surface area contributed by atoms with Gasteiger partial charge in [-0.1, -0.05) is 60.7 Å². The summed E-state index contributed by atoms with van der Waals surface area (Å²) in [5.41, 5.74) is 3.08. The minimum atomic E-state index is 0.451. The third-order valence-electron chi connectivity index (χ3n) is 4.72. The highest BCUT2D eigenvalue weighted by Crippen LogP contribution is 2.29. The molecular formula is C25H24N4O2. The van der Waals surface area contributed by atoms with Crippen molar-refractivity contribution in [3.63, 3.8) is 0 Å². The summed E-state index contributed by atoms with van der Waals surface area (Å²) in [4.78, 5) is 0. The second kappa shape index (κ2) is 9.71. The molecule has 0 aliphatic carbocycles. The third kappa shape index (κ3) is 5.36. The van der Waals surface area contributed by atoms with Gasteiger partial charge in [0.05, 0.1) is 6.21 Å². The molecule has 6 nitrogen and oxygen atoms in total. The Balaban J connectivity index is 1.56. The highest BCUT2D eigenvalue weighted by Gasteiger charge is 2.08. The molecule has 0 saturated heterocycles. The van der Waals surface area contributed by atoms with E-state index >= 15 is 0 Å². The van der Waals surface area contributed by atoms with Crippen LogP contribution in [0.15, 0.2) is 84.0 Å². The molecule has 1 aromatic heterocycles. The Morgan fingerprint density at radius 3 is 1.87 bits per heavy atom. The van der Waals surface area contributed by atoms with Crippen molar-refractivity contribution >= 4 is 6.21 Å². The van der Waals surface area contributed by atoms with E-state index in [-0.39, 0.29) is 0 Å². The Morgan fingerprint density at radius 2 is 1.29 bits per heavy atom. The van der Waals surface area contributed by atoms with Gasteiger partial charge in [0.1, 0.15) is 13.2 Å². The normalized spacial score (nSPS) is 11.0. The van der Waals surface area contributed by atoms with Gasteiger partial charge >= 0.3 is 0 Å². The summed E-state index contributed by atoms with van der Waals surface area (Å²) in [6.45, 7) is 4.65. The van der Waals surface area contributed by atoms with Crippen molar-refractivity contribution in [1.82, 2.24) is 14.9 Å². The average Bonchev–Trinajstić information content (AvgIpc) is 3.14. The van der Waals surface area contributed by atoms with Gasteiger partial charge in [0.15, 0.2) is 23.1 Å². The Kier molecular flexibility index (Phi) is 6.38. The van der Waals surface area contributed by atoms with Crippen LogP contribution in [0.5, 0.6) is 11.5 Å². The molecule has 0 radical (unpaired) electrons. The van der Waals surface area contributed by atoms with Crippen molar-refractivity contribution in [2.75, 3.05) is 0 Å². The first-order chi connectivity index (χ1) is 15.2. The molecule has 0 aliphatic heterocycles. The molecule has 31 heavy (non-hydrogen) atoms. The van der Waals surface area contributed by atoms with Crippen molar-refractivity contribution in [2.24, 2.45) is 5.10 Å². The first kappa shape index (κ1) is 20.3. The zero-order chi connectivity index (χ0) is 21.5. The van der Waals surface area contributed by atoms with E-state index in [4.69, 9.17) is 9.47 Å². The lowest BCUT2D eigenvalue weighted by Gasteiger charge is -2.14. The Labute approximate surface area is 181 Å². The summed E-state index contributed by atoms with van der Waals surface area (Å²) in [5.74, 6) is 2.82. The molecule has 0 atom stereocenters. The maximum atomic E-state index is 6.12. The molecule has 0 unspecified atom stereocenters. The first-order valence-corrected chi connectivity index (χ1v) is 10.1. The van der Waals surface area contributed by atoms with E-state index in [1.54, 1.807) is 10.9 Å². The number of benzene rings is 3. The van der Waals surface area contributed by atoms with Gasteiger partial charge in [-0.2, -0.15) is 5.10 Å². The molecule has 6 heteroatoms. The minimum absolute atomic E-state index is 0.451. The smallest absolute Gasteiger partial charge is 0.162 e. The van der Waals surface area contributed by atoms with Crippen LogP contribution in [-0.4, -0.2) is 21.1 Å². The van der Waals surface area contributed by atoms with Crippen LogP contribution in [0.25, 0.3) is 0 Å². The molecule has 0 bridgehead atoms. The third-order valence-corrected chi connectivity index (χ3v) is 4.72. The number of hydrogen-bond acceptors (Lipinski definition) is 5. The van der Waals surface area contributed by atoms with Crippen molar-refractivity contribution in [3.8, 4) is 11.5 Å². The van der Waals surface area contributed by atoms with Gasteiger partial charge in [0, 0.05) is 0 Å². The van der Waals surface area contributed by atoms with Crippen LogP contribution in [-0.2, 0) is 13.2 Å². The quantitative estimate of drug-likeness (QED) is 0.385. The largest absolute Gasteiger partial charge is 0.485 e. The molecule has 4 aromatic rings. The van der Waals surface area contributed by atoms with Gasteiger partial charge in [0.2, 0.25) is 0 Å². The lowest BCUT2D eigenvalue weighted by atomic mass is 10.2. The number of hydrogen-bond donors (Lipinski definition) is 0. The van der Waals surface area contributed by atoms with Gasteiger partial charge in [-0.05, 0) is 48.7 Å². The topological polar surface area (TPSA) is 61.5 Å². The lowest BCUT2D eigenvalue weighted by molar-refractivity contribution is 0.256. The van der Waals surface area contributed by atoms with Crippen LogP contribution in [0.3, 0.4) is 0 Å². The molecule has 156 valence electrons. The SMILES string of the molecule is Cc1nnc(C)n1/N=C\c1ccc(OCc2ccccc2)c(OCc2ccccc2)c1. The van der Waals surface area contributed by atoms with Gasteiger partial charge < -0.3 is 9.47 Å². The Bertz CT molecular complexity index is 1140. The standard InChI is InChI=1S/C25H24N4O2/c1-19-27-28-20(2)29(19)26-16-23-13-14-24(30-17-21-9-5-3-6-10-21)25(15-23)31-18-22-11-7-4-8-12-22/h3-16H,17-18H2,1-2H3/b26-16-. The number of aryl methyl sites for hydroxylation is 2. The fourth-order valence-electron chi connectivity index (χ4n) is 3.06. The number of rotatable bonds is 8. The first-order valence-electron chi connectivity index (χ1n) is 10.1. The van der Waals surface area contributed by atoms with E-state index < -0.39 is 0 Å². The molecular weight excluding hydrogens is 388 g/mol. The summed E-state index contributed by atoms with van der Waals surface area (Å²) in [7, 11) is 0. The monoisotopic (exact) mass is 412 g/mol. The zero-order valence-electron chi connectivity index (χ0n) is 17.6. The van der Waals surface area contributed by atoms with E-state index in [0.717, 1.165) is 28.3 Å². The van der Waals surface area contributed by atoms with Crippen LogP contribution in [0.1, 0.15) is 28.3 Å². The summed E-state index contributed by atoms with van der Waals surface area (Å²) in [6.07, 6.45) is 1.76. The summed E-state index contributed by atoms with van der Waals surface area (Å²) < 4.78 is 13.9. The molecule has 0 amide bonds. The number of nitrogens with zero attached hydrogens (tertiary/aromatic N) is 4. The average molecular weight is 412 g/mol. The van der Waals surface area contributed by atoms with E-state index in [0.29, 0.717) is 24.7 Å². The van der Waals surface area contributed by atoms with Crippen LogP contribution >= 0.6 is 0 Å². The van der Waals surface area contributed by atoms with Crippen LogP contribution < -0.4 is 9.47 Å². The molecule has 3 aromatic carbocycles. The van der Waals surface area contributed by atoms with Gasteiger partial charge in [0.25, 0.3) is 0 Å². The van der Waals surface area contributed by atoms with Gasteiger partial charge in [-0.3, -0.25) is 0 Å². The summed E-state index contributed by atoms with van der Waals surface area (Å²) in [5, 5.41) is 12.6. The van der Waals surface area contributed by atoms with Crippen LogP contribution in [0.2, 0.25) is 0 Å². The van der Waals surface area contributed by atoms with Crippen molar-refractivity contribution in [2.45, 2.75) is 27.1 Å². The van der Waals surface area contributed by atoms with Gasteiger partial charge in [-0.25, -0.2) is 4.68 Å². The predicted molar refractivity (Wildman–Crippen MR) is 120 cm³/mol. The Hall–Kier alpha value is -3.93. The predicted octanol–water partition coefficient (Wildman–Crippen LogP) is 4.94. The number of ether oxygens (including phenoxy) is 2. The summed E-state index contributed by atoms with van der Waals surface area (Å²) in [6, 6.07) is 25.9. The fraction of sp³-hybridized carbons (Fsp3) is 0.160. The highest BCUT2D eigenvalue weighted by atomic mass is 16.5. The fourth-order valence-corrected chi connectivity index (χ4v) is 3.06. The van der Waals surface area contributed by atoms with Crippen LogP contribution in [0.4, 0.5) is 0 Å². The molecule has 1 heterocycles. The van der Waals surface area contributed by atoms with Gasteiger partial charge in [-0.15, -0.1) is 10.2 Å². The van der Waals surface area contributed by atoms with E-state index in [1.165, 1.54) is 0 Å². The van der Waals surface area contributed by atoms with Crippen molar-refractivity contribution < 1.29 is 9.47 Å². The molecule has 0 aliphatic rings. The molecule has 0 saturated carbocycles. The maximum absolute atomic E-state index is 6.12. The van der Waals surface area contributed by atoms with E-state index in [2.05, 4.69) is 15.3 Å². The second-order valence-corrected chi connectivity index (χ2v) is 7.11. The lowest BCUT2D eigenvalue weighted by Crippen LogP contribution is -2.02. The molecule has 0 spiro atoms. The highest BCUT2D eigenvalue weighted by molar-refractivity contribution is 5.80. The van der Waals surface area contributed by atoms with Crippen LogP contribution in [0, 0.1) is 13.8 Å². The molecule has 4 rings (SSSR count).